The highest BCUT2D eigenvalue weighted by Crippen LogP contribution is 2.39. The van der Waals surface area contributed by atoms with Crippen molar-refractivity contribution in [2.75, 3.05) is 4.90 Å². The van der Waals surface area contributed by atoms with Gasteiger partial charge in [-0.2, -0.15) is 0 Å². The largest absolute Gasteiger partial charge is 0.456 e. The van der Waals surface area contributed by atoms with Gasteiger partial charge in [0.1, 0.15) is 11.3 Å². The van der Waals surface area contributed by atoms with Crippen LogP contribution < -0.4 is 4.90 Å². The molecule has 1 aromatic heterocycles. The second-order valence-corrected chi connectivity index (χ2v) is 11.4. The lowest BCUT2D eigenvalue weighted by atomic mass is 10.00. The maximum atomic E-state index is 6.25. The molecule has 0 saturated carbocycles. The molecule has 0 bridgehead atoms. The van der Waals surface area contributed by atoms with E-state index in [-0.39, 0.29) is 0 Å². The minimum absolute atomic E-state index is 0.858. The average Bonchev–Trinajstić information content (AvgIpc) is 3.58. The Bertz CT molecular complexity index is 2180. The summed E-state index contributed by atoms with van der Waals surface area (Å²) in [5.74, 6) is 0.858. The molecule has 0 N–H and O–H groups in total. The monoisotopic (exact) mass is 589 g/mol. The van der Waals surface area contributed by atoms with Crippen molar-refractivity contribution >= 4 is 28.0 Å². The molecule has 0 spiro atoms. The van der Waals surface area contributed by atoms with Crippen LogP contribution in [0, 0.1) is 0 Å². The number of nitrogens with zero attached hydrogens (tertiary/aromatic N) is 1. The zero-order chi connectivity index (χ0) is 30.7. The van der Waals surface area contributed by atoms with Gasteiger partial charge in [0.25, 0.3) is 0 Å². The molecule has 0 amide bonds. The Morgan fingerprint density at radius 1 is 0.304 bits per heavy atom. The van der Waals surface area contributed by atoms with E-state index in [1.54, 1.807) is 0 Å². The van der Waals surface area contributed by atoms with Gasteiger partial charge in [-0.3, -0.25) is 0 Å². The van der Waals surface area contributed by atoms with Crippen LogP contribution in [0.1, 0.15) is 0 Å². The third kappa shape index (κ3) is 5.49. The Labute approximate surface area is 269 Å². The average molecular weight is 590 g/mol. The van der Waals surface area contributed by atoms with Crippen molar-refractivity contribution < 1.29 is 4.42 Å². The van der Waals surface area contributed by atoms with Crippen LogP contribution in [0.5, 0.6) is 0 Å². The topological polar surface area (TPSA) is 16.4 Å². The molecule has 0 fully saturated rings. The smallest absolute Gasteiger partial charge is 0.135 e. The fourth-order valence-corrected chi connectivity index (χ4v) is 6.09. The van der Waals surface area contributed by atoms with Crippen molar-refractivity contribution in [1.29, 1.82) is 0 Å². The summed E-state index contributed by atoms with van der Waals surface area (Å²) < 4.78 is 6.25. The van der Waals surface area contributed by atoms with Gasteiger partial charge >= 0.3 is 0 Å². The lowest BCUT2D eigenvalue weighted by molar-refractivity contribution is 0.631. The molecule has 0 aliphatic rings. The van der Waals surface area contributed by atoms with Gasteiger partial charge in [-0.1, -0.05) is 140 Å². The first-order valence-corrected chi connectivity index (χ1v) is 15.6. The minimum atomic E-state index is 0.858. The van der Waals surface area contributed by atoms with E-state index in [9.17, 15) is 0 Å². The normalized spacial score (nSPS) is 11.0. The van der Waals surface area contributed by atoms with Gasteiger partial charge < -0.3 is 9.32 Å². The minimum Gasteiger partial charge on any atom is -0.456 e. The molecule has 218 valence electrons. The first-order chi connectivity index (χ1) is 22.8. The van der Waals surface area contributed by atoms with Gasteiger partial charge in [-0.15, -0.1) is 0 Å². The van der Waals surface area contributed by atoms with Crippen LogP contribution in [-0.4, -0.2) is 0 Å². The summed E-state index contributed by atoms with van der Waals surface area (Å²) in [6.07, 6.45) is 0. The fourth-order valence-electron chi connectivity index (χ4n) is 6.09. The van der Waals surface area contributed by atoms with Crippen LogP contribution in [0.3, 0.4) is 0 Å². The van der Waals surface area contributed by atoms with Crippen LogP contribution in [0.15, 0.2) is 192 Å². The maximum absolute atomic E-state index is 6.25. The summed E-state index contributed by atoms with van der Waals surface area (Å²) in [5, 5.41) is 1.10. The number of benzene rings is 7. The zero-order valence-electron chi connectivity index (χ0n) is 25.3. The Morgan fingerprint density at radius 3 is 1.26 bits per heavy atom. The first kappa shape index (κ1) is 27.4. The molecule has 0 unspecified atom stereocenters. The van der Waals surface area contributed by atoms with Gasteiger partial charge in [0.2, 0.25) is 0 Å². The molecule has 7 aromatic carbocycles. The number of para-hydroxylation sites is 1. The van der Waals surface area contributed by atoms with E-state index in [2.05, 4.69) is 175 Å². The SMILES string of the molecule is c1ccc(-c2ccc(-c3ccc(N(c4ccc(-c5ccccc5)cc4)c4cccc(-c5cc6ccccc6o5)c4)cc3)cc2)cc1. The molecule has 0 aliphatic heterocycles. The lowest BCUT2D eigenvalue weighted by Gasteiger charge is -2.26. The van der Waals surface area contributed by atoms with Crippen LogP contribution in [0.2, 0.25) is 0 Å². The second-order valence-electron chi connectivity index (χ2n) is 11.4. The van der Waals surface area contributed by atoms with Gasteiger partial charge in [0, 0.05) is 28.0 Å². The highest BCUT2D eigenvalue weighted by molar-refractivity contribution is 5.85. The van der Waals surface area contributed by atoms with E-state index in [1.165, 1.54) is 33.4 Å². The molecule has 1 heterocycles. The summed E-state index contributed by atoms with van der Waals surface area (Å²) in [6.45, 7) is 0. The lowest BCUT2D eigenvalue weighted by Crippen LogP contribution is -2.10. The Kier molecular flexibility index (Phi) is 7.22. The van der Waals surface area contributed by atoms with Gasteiger partial charge in [-0.25, -0.2) is 0 Å². The summed E-state index contributed by atoms with van der Waals surface area (Å²) in [4.78, 5) is 2.31. The molecule has 8 rings (SSSR count). The molecule has 2 nitrogen and oxygen atoms in total. The highest BCUT2D eigenvalue weighted by Gasteiger charge is 2.15. The van der Waals surface area contributed by atoms with Crippen molar-refractivity contribution in [2.45, 2.75) is 0 Å². The zero-order valence-corrected chi connectivity index (χ0v) is 25.3. The van der Waals surface area contributed by atoms with E-state index < -0.39 is 0 Å². The third-order valence-corrected chi connectivity index (χ3v) is 8.50. The number of hydrogen-bond acceptors (Lipinski definition) is 2. The molecule has 0 radical (unpaired) electrons. The van der Waals surface area contributed by atoms with Crippen molar-refractivity contribution in [3.8, 4) is 44.7 Å². The predicted octanol–water partition coefficient (Wildman–Crippen LogP) is 12.6. The van der Waals surface area contributed by atoms with E-state index >= 15 is 0 Å². The van der Waals surface area contributed by atoms with E-state index in [0.29, 0.717) is 0 Å². The van der Waals surface area contributed by atoms with Gasteiger partial charge in [0.05, 0.1) is 0 Å². The molecule has 2 heteroatoms. The van der Waals surface area contributed by atoms with E-state index in [4.69, 9.17) is 4.42 Å². The molecule has 46 heavy (non-hydrogen) atoms. The summed E-state index contributed by atoms with van der Waals surface area (Å²) in [5.41, 5.74) is 12.4. The second kappa shape index (κ2) is 12.1. The van der Waals surface area contributed by atoms with Crippen LogP contribution >= 0.6 is 0 Å². The summed E-state index contributed by atoms with van der Waals surface area (Å²) in [7, 11) is 0. The van der Waals surface area contributed by atoms with Crippen molar-refractivity contribution in [1.82, 2.24) is 0 Å². The van der Waals surface area contributed by atoms with Crippen molar-refractivity contribution in [2.24, 2.45) is 0 Å². The van der Waals surface area contributed by atoms with Crippen LogP contribution in [-0.2, 0) is 0 Å². The number of furan rings is 1. The molecule has 8 aromatic rings. The first-order valence-electron chi connectivity index (χ1n) is 15.6. The van der Waals surface area contributed by atoms with E-state index in [1.807, 2.05) is 18.2 Å². The standard InChI is InChI=1S/C44H31NO/c1-3-10-32(11-4-1)34-18-20-35(21-19-34)37-24-28-41(29-25-37)45(40-26-22-36(23-27-40)33-12-5-2-6-13-33)42-16-9-15-38(30-42)44-31-39-14-7-8-17-43(39)46-44/h1-31H. The molecule has 0 atom stereocenters. The maximum Gasteiger partial charge on any atom is 0.135 e. The summed E-state index contributed by atoms with van der Waals surface area (Å²) in [6, 6.07) is 66.3. The Balaban J connectivity index is 1.16. The Hall–Kier alpha value is -6.12. The molecular weight excluding hydrogens is 558 g/mol. The van der Waals surface area contributed by atoms with Crippen molar-refractivity contribution in [3.63, 3.8) is 0 Å². The molecule has 0 saturated heterocycles. The molecule has 0 aliphatic carbocycles. The Morgan fingerprint density at radius 2 is 0.739 bits per heavy atom. The van der Waals surface area contributed by atoms with Gasteiger partial charge in [0.15, 0.2) is 0 Å². The van der Waals surface area contributed by atoms with Crippen LogP contribution in [0.25, 0.3) is 55.7 Å². The molecular formula is C44H31NO. The van der Waals surface area contributed by atoms with Crippen LogP contribution in [0.4, 0.5) is 17.1 Å². The van der Waals surface area contributed by atoms with E-state index in [0.717, 1.165) is 39.4 Å². The third-order valence-electron chi connectivity index (χ3n) is 8.50. The summed E-state index contributed by atoms with van der Waals surface area (Å²) >= 11 is 0. The number of fused-ring (bicyclic) bond motifs is 1. The quantitative estimate of drug-likeness (QED) is 0.184. The van der Waals surface area contributed by atoms with Crippen molar-refractivity contribution in [3.05, 3.63) is 188 Å². The highest BCUT2D eigenvalue weighted by atomic mass is 16.3. The number of hydrogen-bond donors (Lipinski definition) is 0. The van der Waals surface area contributed by atoms with Gasteiger partial charge in [-0.05, 0) is 81.9 Å². The predicted molar refractivity (Wildman–Crippen MR) is 193 cm³/mol. The fraction of sp³-hybridized carbons (Fsp3) is 0. The number of rotatable bonds is 7. The number of anilines is 3.